The second-order valence-electron chi connectivity index (χ2n) is 9.74. The molecule has 11 heteroatoms. The maximum absolute atomic E-state index is 14.2. The van der Waals surface area contributed by atoms with Gasteiger partial charge in [0.25, 0.3) is 0 Å². The van der Waals surface area contributed by atoms with Crippen LogP contribution < -0.4 is 9.47 Å². The third kappa shape index (κ3) is 5.91. The first-order valence-electron chi connectivity index (χ1n) is 12.8. The fourth-order valence-electron chi connectivity index (χ4n) is 5.09. The van der Waals surface area contributed by atoms with Crippen LogP contribution in [0.15, 0.2) is 54.7 Å². The molecule has 0 bridgehead atoms. The lowest BCUT2D eigenvalue weighted by Crippen LogP contribution is -2.48. The molecule has 1 aromatic heterocycles. The molecule has 40 heavy (non-hydrogen) atoms. The number of nitrogens with zero attached hydrogens (tertiary/aromatic N) is 3. The van der Waals surface area contributed by atoms with Gasteiger partial charge in [-0.2, -0.15) is 4.31 Å². The quantitative estimate of drug-likeness (QED) is 0.362. The zero-order chi connectivity index (χ0) is 28.4. The van der Waals surface area contributed by atoms with Crippen LogP contribution in [0, 0.1) is 11.6 Å². The number of halogens is 2. The van der Waals surface area contributed by atoms with E-state index in [1.807, 2.05) is 0 Å². The van der Waals surface area contributed by atoms with E-state index in [0.717, 1.165) is 19.0 Å². The molecule has 2 aliphatic rings. The summed E-state index contributed by atoms with van der Waals surface area (Å²) in [5, 5.41) is 0. The number of ketones is 1. The number of Topliss-reactive ketones (excluding diaryl/α,β-unsaturated/α-hetero) is 1. The van der Waals surface area contributed by atoms with Crippen molar-refractivity contribution in [3.63, 3.8) is 0 Å². The lowest BCUT2D eigenvalue weighted by molar-refractivity contribution is 0.105. The molecule has 2 heterocycles. The van der Waals surface area contributed by atoms with Gasteiger partial charge in [-0.25, -0.2) is 22.2 Å². The van der Waals surface area contributed by atoms with Gasteiger partial charge in [0.05, 0.1) is 20.0 Å². The molecule has 3 aromatic rings. The molecule has 0 atom stereocenters. The van der Waals surface area contributed by atoms with Crippen LogP contribution in [0.5, 0.6) is 11.6 Å². The molecule has 1 aliphatic carbocycles. The smallest absolute Gasteiger partial charge is 0.212 e. The number of allylic oxidation sites excluding steroid dienone is 1. The van der Waals surface area contributed by atoms with Crippen LogP contribution in [0.1, 0.15) is 33.5 Å². The van der Waals surface area contributed by atoms with Gasteiger partial charge in [-0.15, -0.1) is 0 Å². The monoisotopic (exact) mass is 569 g/mol. The summed E-state index contributed by atoms with van der Waals surface area (Å²) in [4.78, 5) is 20.1. The van der Waals surface area contributed by atoms with Crippen LogP contribution >= 0.6 is 0 Å². The van der Waals surface area contributed by atoms with Crippen molar-refractivity contribution in [3.8, 4) is 11.6 Å². The maximum Gasteiger partial charge on any atom is 0.212 e. The molecular formula is C29H29F2N3O5S. The van der Waals surface area contributed by atoms with Crippen molar-refractivity contribution in [1.82, 2.24) is 14.2 Å². The van der Waals surface area contributed by atoms with Gasteiger partial charge in [0.1, 0.15) is 17.4 Å². The molecule has 1 aliphatic heterocycles. The van der Waals surface area contributed by atoms with Gasteiger partial charge in [-0.05, 0) is 53.9 Å². The Labute approximate surface area is 231 Å². The van der Waals surface area contributed by atoms with E-state index in [1.54, 1.807) is 30.3 Å². The van der Waals surface area contributed by atoms with Gasteiger partial charge < -0.3 is 14.4 Å². The second-order valence-corrected chi connectivity index (χ2v) is 11.7. The van der Waals surface area contributed by atoms with Crippen molar-refractivity contribution >= 4 is 27.0 Å². The summed E-state index contributed by atoms with van der Waals surface area (Å²) in [5.74, 6) is -0.899. The third-order valence-corrected chi connectivity index (χ3v) is 8.36. The number of benzene rings is 2. The zero-order valence-corrected chi connectivity index (χ0v) is 23.0. The van der Waals surface area contributed by atoms with Gasteiger partial charge in [-0.3, -0.25) is 4.79 Å². The van der Waals surface area contributed by atoms with E-state index in [2.05, 4.69) is 9.88 Å². The number of rotatable bonds is 9. The van der Waals surface area contributed by atoms with Gasteiger partial charge in [0.2, 0.25) is 15.9 Å². The third-order valence-electron chi connectivity index (χ3n) is 7.06. The second kappa shape index (κ2) is 11.4. The summed E-state index contributed by atoms with van der Waals surface area (Å²) in [6, 6.07) is 11.6. The molecule has 0 saturated carbocycles. The molecule has 210 valence electrons. The molecule has 0 amide bonds. The average molecular weight is 570 g/mol. The lowest BCUT2D eigenvalue weighted by Gasteiger charge is -2.33. The molecule has 0 unspecified atom stereocenters. The fourth-order valence-corrected chi connectivity index (χ4v) is 5.91. The number of aromatic nitrogens is 1. The molecule has 1 saturated heterocycles. The number of methoxy groups -OCH3 is 1. The Morgan fingerprint density at radius 3 is 2.25 bits per heavy atom. The number of piperazine rings is 1. The highest BCUT2D eigenvalue weighted by atomic mass is 32.2. The lowest BCUT2D eigenvalue weighted by atomic mass is 9.95. The van der Waals surface area contributed by atoms with Crippen LogP contribution in [-0.4, -0.2) is 81.1 Å². The minimum absolute atomic E-state index is 0.250. The highest BCUT2D eigenvalue weighted by Gasteiger charge is 2.32. The molecule has 2 aromatic carbocycles. The minimum atomic E-state index is -3.17. The number of hydrogen-bond acceptors (Lipinski definition) is 7. The molecular weight excluding hydrogens is 540 g/mol. The van der Waals surface area contributed by atoms with E-state index in [9.17, 15) is 22.0 Å². The highest BCUT2D eigenvalue weighted by Crippen LogP contribution is 2.43. The zero-order valence-electron chi connectivity index (χ0n) is 22.2. The van der Waals surface area contributed by atoms with Crippen molar-refractivity contribution in [2.45, 2.75) is 6.42 Å². The first-order chi connectivity index (χ1) is 19.1. The van der Waals surface area contributed by atoms with Gasteiger partial charge in [0, 0.05) is 73.3 Å². The number of hydrogen-bond donors (Lipinski definition) is 0. The van der Waals surface area contributed by atoms with E-state index in [-0.39, 0.29) is 11.3 Å². The van der Waals surface area contributed by atoms with E-state index in [4.69, 9.17) is 9.47 Å². The summed E-state index contributed by atoms with van der Waals surface area (Å²) >= 11 is 0. The highest BCUT2D eigenvalue weighted by molar-refractivity contribution is 7.88. The first-order valence-corrected chi connectivity index (χ1v) is 14.7. The number of pyridine rings is 1. The van der Waals surface area contributed by atoms with E-state index in [1.165, 1.54) is 36.0 Å². The Morgan fingerprint density at radius 1 is 0.900 bits per heavy atom. The molecule has 0 N–H and O–H groups in total. The summed E-state index contributed by atoms with van der Waals surface area (Å²) in [7, 11) is -1.68. The van der Waals surface area contributed by atoms with Crippen molar-refractivity contribution in [2.24, 2.45) is 0 Å². The van der Waals surface area contributed by atoms with E-state index >= 15 is 0 Å². The van der Waals surface area contributed by atoms with E-state index in [0.29, 0.717) is 72.3 Å². The Morgan fingerprint density at radius 2 is 1.62 bits per heavy atom. The van der Waals surface area contributed by atoms with Gasteiger partial charge in [-0.1, -0.05) is 0 Å². The van der Waals surface area contributed by atoms with Crippen molar-refractivity contribution in [1.29, 1.82) is 0 Å². The number of carbonyl (C=O) groups is 1. The predicted molar refractivity (Wildman–Crippen MR) is 147 cm³/mol. The van der Waals surface area contributed by atoms with Crippen LogP contribution in [0.2, 0.25) is 0 Å². The Hall–Kier alpha value is -3.67. The van der Waals surface area contributed by atoms with E-state index < -0.39 is 21.7 Å². The molecule has 8 nitrogen and oxygen atoms in total. The molecule has 0 radical (unpaired) electrons. The standard InChI is InChI=1S/C29H29F2N3O5S/c1-38-26-7-4-19(18-32-26)28-27(20-14-21(30)16-22(31)15-20)24-6-5-23(17-25(24)29(28)35)39-13-3-8-33-9-11-34(12-10-33)40(2,36)37/h4-7,14-18H,3,8-13H2,1-2H3. The minimum Gasteiger partial charge on any atom is -0.494 e. The number of carbonyl (C=O) groups excluding carboxylic acids is 1. The topological polar surface area (TPSA) is 89.0 Å². The summed E-state index contributed by atoms with van der Waals surface area (Å²) in [6.45, 7) is 3.44. The van der Waals surface area contributed by atoms with Crippen LogP contribution in [0.25, 0.3) is 11.1 Å². The van der Waals surface area contributed by atoms with Gasteiger partial charge >= 0.3 is 0 Å². The van der Waals surface area contributed by atoms with Crippen LogP contribution in [0.3, 0.4) is 0 Å². The number of ether oxygens (including phenoxy) is 2. The molecule has 1 fully saturated rings. The Balaban J connectivity index is 1.33. The van der Waals surface area contributed by atoms with Gasteiger partial charge in [0.15, 0.2) is 5.78 Å². The van der Waals surface area contributed by atoms with Crippen LogP contribution in [-0.2, 0) is 10.0 Å². The maximum atomic E-state index is 14.2. The first kappa shape index (κ1) is 27.9. The Kier molecular flexibility index (Phi) is 7.97. The number of sulfonamides is 1. The largest absolute Gasteiger partial charge is 0.494 e. The predicted octanol–water partition coefficient (Wildman–Crippen LogP) is 3.87. The van der Waals surface area contributed by atoms with Crippen LogP contribution in [0.4, 0.5) is 8.78 Å². The summed E-state index contributed by atoms with van der Waals surface area (Å²) in [6.07, 6.45) is 3.45. The normalized spacial score (nSPS) is 16.4. The van der Waals surface area contributed by atoms with Crippen molar-refractivity contribution < 1.29 is 31.5 Å². The summed E-state index contributed by atoms with van der Waals surface area (Å²) in [5.41, 5.74) is 2.39. The van der Waals surface area contributed by atoms with Crippen molar-refractivity contribution in [3.05, 3.63) is 88.6 Å². The molecule has 5 rings (SSSR count). The SMILES string of the molecule is COc1ccc(C2=C(c3cc(F)cc(F)c3)c3ccc(OCCCN4CCN(S(C)(=O)=O)CC4)cc3C2=O)cn1. The molecule has 0 spiro atoms. The Bertz CT molecular complexity index is 1550. The average Bonchev–Trinajstić information content (AvgIpc) is 3.22. The van der Waals surface area contributed by atoms with Crippen molar-refractivity contribution in [2.75, 3.05) is 52.7 Å². The summed E-state index contributed by atoms with van der Waals surface area (Å²) < 4.78 is 64.3. The number of fused-ring (bicyclic) bond motifs is 1. The fraction of sp³-hybridized carbons (Fsp3) is 0.310.